The summed E-state index contributed by atoms with van der Waals surface area (Å²) in [6.07, 6.45) is 1.18. The van der Waals surface area contributed by atoms with Gasteiger partial charge in [-0.3, -0.25) is 4.90 Å². The van der Waals surface area contributed by atoms with Crippen LogP contribution in [0.5, 0.6) is 5.75 Å². The molecule has 0 amide bonds. The fourth-order valence-corrected chi connectivity index (χ4v) is 2.82. The molecule has 0 aromatic heterocycles. The minimum atomic E-state index is 0.549. The fraction of sp³-hybridized carbons (Fsp3) is 0.538. The minimum absolute atomic E-state index is 0.549. The maximum absolute atomic E-state index is 5.32. The molecule has 0 unspecified atom stereocenters. The second kappa shape index (κ2) is 4.07. The van der Waals surface area contributed by atoms with E-state index in [-0.39, 0.29) is 0 Å². The molecule has 0 bridgehead atoms. The summed E-state index contributed by atoms with van der Waals surface area (Å²) >= 11 is 0. The molecular weight excluding hydrogens is 200 g/mol. The number of hydrogen-bond donors (Lipinski definition) is 1. The Kier molecular flexibility index (Phi) is 2.58. The molecule has 3 heteroatoms. The molecule has 0 aliphatic carbocycles. The van der Waals surface area contributed by atoms with E-state index in [1.54, 1.807) is 7.11 Å². The van der Waals surface area contributed by atoms with Crippen molar-refractivity contribution in [3.8, 4) is 5.75 Å². The molecule has 2 heterocycles. The lowest BCUT2D eigenvalue weighted by atomic mass is 9.91. The van der Waals surface area contributed by atoms with Crippen LogP contribution in [0.2, 0.25) is 0 Å². The molecule has 16 heavy (non-hydrogen) atoms. The van der Waals surface area contributed by atoms with E-state index >= 15 is 0 Å². The SMILES string of the molecule is COc1ccc2c(c1)[C@H]1CNCCN1CC2. The van der Waals surface area contributed by atoms with Gasteiger partial charge in [-0.15, -0.1) is 0 Å². The lowest BCUT2D eigenvalue weighted by Crippen LogP contribution is -2.48. The summed E-state index contributed by atoms with van der Waals surface area (Å²) < 4.78 is 5.32. The normalized spacial score (nSPS) is 24.7. The van der Waals surface area contributed by atoms with Crippen LogP contribution in [-0.2, 0) is 6.42 Å². The van der Waals surface area contributed by atoms with Crippen LogP contribution in [0.15, 0.2) is 18.2 Å². The third kappa shape index (κ3) is 1.60. The van der Waals surface area contributed by atoms with Crippen molar-refractivity contribution in [3.63, 3.8) is 0 Å². The second-order valence-electron chi connectivity index (χ2n) is 4.57. The molecule has 1 N–H and O–H groups in total. The fourth-order valence-electron chi connectivity index (χ4n) is 2.82. The van der Waals surface area contributed by atoms with Crippen LogP contribution in [0, 0.1) is 0 Å². The predicted molar refractivity (Wildman–Crippen MR) is 63.9 cm³/mol. The number of fused-ring (bicyclic) bond motifs is 3. The predicted octanol–water partition coefficient (Wildman–Crippen LogP) is 1.20. The zero-order valence-corrected chi connectivity index (χ0v) is 9.70. The first kappa shape index (κ1) is 10.1. The van der Waals surface area contributed by atoms with Gasteiger partial charge in [0.1, 0.15) is 5.75 Å². The summed E-state index contributed by atoms with van der Waals surface area (Å²) in [6.45, 7) is 4.56. The third-order valence-electron chi connectivity index (χ3n) is 3.73. The van der Waals surface area contributed by atoms with E-state index in [4.69, 9.17) is 4.74 Å². The van der Waals surface area contributed by atoms with Crippen LogP contribution in [0.3, 0.4) is 0 Å². The quantitative estimate of drug-likeness (QED) is 0.766. The lowest BCUT2D eigenvalue weighted by Gasteiger charge is -2.40. The van der Waals surface area contributed by atoms with Gasteiger partial charge in [-0.1, -0.05) is 6.07 Å². The molecule has 0 radical (unpaired) electrons. The van der Waals surface area contributed by atoms with Crippen LogP contribution in [-0.4, -0.2) is 38.2 Å². The first-order valence-electron chi connectivity index (χ1n) is 6.00. The van der Waals surface area contributed by atoms with Gasteiger partial charge in [0.05, 0.1) is 7.11 Å². The van der Waals surface area contributed by atoms with Crippen LogP contribution >= 0.6 is 0 Å². The average Bonchev–Trinajstić information content (AvgIpc) is 2.38. The molecule has 3 rings (SSSR count). The molecule has 1 atom stereocenters. The Morgan fingerprint density at radius 1 is 1.38 bits per heavy atom. The summed E-state index contributed by atoms with van der Waals surface area (Å²) in [6, 6.07) is 7.05. The zero-order valence-electron chi connectivity index (χ0n) is 9.70. The molecule has 0 saturated carbocycles. The molecule has 1 fully saturated rings. The number of nitrogens with zero attached hydrogens (tertiary/aromatic N) is 1. The topological polar surface area (TPSA) is 24.5 Å². The number of ether oxygens (including phenoxy) is 1. The summed E-state index contributed by atoms with van der Waals surface area (Å²) in [7, 11) is 1.74. The Morgan fingerprint density at radius 3 is 3.19 bits per heavy atom. The van der Waals surface area contributed by atoms with Crippen molar-refractivity contribution in [1.29, 1.82) is 0 Å². The first-order chi connectivity index (χ1) is 7.88. The summed E-state index contributed by atoms with van der Waals surface area (Å²) in [5.74, 6) is 0.978. The summed E-state index contributed by atoms with van der Waals surface area (Å²) in [5, 5.41) is 3.48. The molecular formula is C13H18N2O. The number of nitrogens with one attached hydrogen (secondary N) is 1. The molecule has 1 saturated heterocycles. The second-order valence-corrected chi connectivity index (χ2v) is 4.57. The highest BCUT2D eigenvalue weighted by atomic mass is 16.5. The van der Waals surface area contributed by atoms with Gasteiger partial charge in [0.15, 0.2) is 0 Å². The van der Waals surface area contributed by atoms with Crippen LogP contribution in [0.1, 0.15) is 17.2 Å². The van der Waals surface area contributed by atoms with Crippen LogP contribution in [0.4, 0.5) is 0 Å². The van der Waals surface area contributed by atoms with Gasteiger partial charge in [-0.25, -0.2) is 0 Å². The van der Waals surface area contributed by atoms with E-state index in [1.165, 1.54) is 30.6 Å². The Balaban J connectivity index is 1.98. The van der Waals surface area contributed by atoms with E-state index < -0.39 is 0 Å². The number of hydrogen-bond acceptors (Lipinski definition) is 3. The highest BCUT2D eigenvalue weighted by Crippen LogP contribution is 2.32. The number of benzene rings is 1. The molecule has 2 aliphatic rings. The molecule has 1 aromatic carbocycles. The van der Waals surface area contributed by atoms with E-state index in [2.05, 4.69) is 28.4 Å². The highest BCUT2D eigenvalue weighted by molar-refractivity contribution is 5.39. The lowest BCUT2D eigenvalue weighted by molar-refractivity contribution is 0.151. The van der Waals surface area contributed by atoms with Crippen LogP contribution in [0.25, 0.3) is 0 Å². The Morgan fingerprint density at radius 2 is 2.31 bits per heavy atom. The zero-order chi connectivity index (χ0) is 11.0. The smallest absolute Gasteiger partial charge is 0.119 e. The average molecular weight is 218 g/mol. The van der Waals surface area contributed by atoms with Crippen molar-refractivity contribution in [2.75, 3.05) is 33.3 Å². The van der Waals surface area contributed by atoms with Crippen molar-refractivity contribution >= 4 is 0 Å². The van der Waals surface area contributed by atoms with E-state index in [1.807, 2.05) is 0 Å². The van der Waals surface area contributed by atoms with Gasteiger partial charge in [0.2, 0.25) is 0 Å². The van der Waals surface area contributed by atoms with E-state index in [0.717, 1.165) is 18.8 Å². The van der Waals surface area contributed by atoms with Gasteiger partial charge in [0, 0.05) is 32.2 Å². The van der Waals surface area contributed by atoms with Crippen molar-refractivity contribution in [2.45, 2.75) is 12.5 Å². The Hall–Kier alpha value is -1.06. The third-order valence-corrected chi connectivity index (χ3v) is 3.73. The first-order valence-corrected chi connectivity index (χ1v) is 6.00. The number of rotatable bonds is 1. The summed E-state index contributed by atoms with van der Waals surface area (Å²) in [5.41, 5.74) is 2.95. The number of methoxy groups -OCH3 is 1. The molecule has 1 aromatic rings. The largest absolute Gasteiger partial charge is 0.497 e. The van der Waals surface area contributed by atoms with Gasteiger partial charge in [-0.05, 0) is 29.7 Å². The van der Waals surface area contributed by atoms with Gasteiger partial charge in [-0.2, -0.15) is 0 Å². The van der Waals surface area contributed by atoms with Crippen LogP contribution < -0.4 is 10.1 Å². The molecule has 86 valence electrons. The molecule has 0 spiro atoms. The van der Waals surface area contributed by atoms with Crippen molar-refractivity contribution < 1.29 is 4.74 Å². The van der Waals surface area contributed by atoms with Crippen molar-refractivity contribution in [1.82, 2.24) is 10.2 Å². The van der Waals surface area contributed by atoms with Crippen molar-refractivity contribution in [2.24, 2.45) is 0 Å². The standard InChI is InChI=1S/C13H18N2O/c1-16-11-3-2-10-4-6-15-7-5-14-9-13(15)12(10)8-11/h2-3,8,13-14H,4-7,9H2,1H3/t13-/m1/s1. The number of piperazine rings is 1. The highest BCUT2D eigenvalue weighted by Gasteiger charge is 2.29. The molecule has 3 nitrogen and oxygen atoms in total. The summed E-state index contributed by atoms with van der Waals surface area (Å²) in [4.78, 5) is 2.58. The molecule has 2 aliphatic heterocycles. The van der Waals surface area contributed by atoms with Gasteiger partial charge < -0.3 is 10.1 Å². The maximum atomic E-state index is 5.32. The Bertz CT molecular complexity index is 392. The van der Waals surface area contributed by atoms with Gasteiger partial charge in [0.25, 0.3) is 0 Å². The van der Waals surface area contributed by atoms with E-state index in [9.17, 15) is 0 Å². The maximum Gasteiger partial charge on any atom is 0.119 e. The minimum Gasteiger partial charge on any atom is -0.497 e. The Labute approximate surface area is 96.4 Å². The van der Waals surface area contributed by atoms with E-state index in [0.29, 0.717) is 6.04 Å². The monoisotopic (exact) mass is 218 g/mol. The van der Waals surface area contributed by atoms with Gasteiger partial charge >= 0.3 is 0 Å². The van der Waals surface area contributed by atoms with Crippen molar-refractivity contribution in [3.05, 3.63) is 29.3 Å².